The van der Waals surface area contributed by atoms with Gasteiger partial charge in [-0.1, -0.05) is 76.6 Å². The molecule has 2 rings (SSSR count). The molecule has 0 aliphatic carbocycles. The zero-order valence-electron chi connectivity index (χ0n) is 23.2. The summed E-state index contributed by atoms with van der Waals surface area (Å²) >= 11 is 13.1. The van der Waals surface area contributed by atoms with Gasteiger partial charge in [-0.15, -0.1) is 0 Å². The van der Waals surface area contributed by atoms with Crippen molar-refractivity contribution in [3.8, 4) is 0 Å². The Morgan fingerprint density at radius 1 is 0.730 bits per heavy atom. The number of unbranched alkanes of at least 4 members (excludes halogenated alkanes) is 4. The predicted octanol–water partition coefficient (Wildman–Crippen LogP) is 7.30. The first-order chi connectivity index (χ1) is 18.0. The Kier molecular flexibility index (Phi) is 16.6. The van der Waals surface area contributed by atoms with Crippen LogP contribution in [-0.4, -0.2) is 62.6 Å². The van der Waals surface area contributed by atoms with Gasteiger partial charge in [0.1, 0.15) is 30.5 Å². The molecule has 0 saturated carbocycles. The third kappa shape index (κ3) is 10.2. The van der Waals surface area contributed by atoms with E-state index in [9.17, 15) is 5.11 Å². The van der Waals surface area contributed by atoms with Crippen LogP contribution in [0.2, 0.25) is 10.0 Å². The smallest absolute Gasteiger partial charge is 0.117 e. The molecule has 0 bridgehead atoms. The van der Waals surface area contributed by atoms with Crippen LogP contribution in [0.25, 0.3) is 0 Å². The Bertz CT molecular complexity index is 749. The molecule has 1 N–H and O–H groups in total. The maximum atomic E-state index is 9.88. The first-order valence-electron chi connectivity index (χ1n) is 14.2. The average Bonchev–Trinajstić information content (AvgIpc) is 2.89. The van der Waals surface area contributed by atoms with Crippen LogP contribution in [-0.2, 0) is 30.3 Å². The van der Waals surface area contributed by atoms with Crippen LogP contribution in [0.15, 0.2) is 12.1 Å². The van der Waals surface area contributed by atoms with Crippen molar-refractivity contribution in [3.05, 3.63) is 33.3 Å². The van der Waals surface area contributed by atoms with Crippen molar-refractivity contribution in [2.45, 2.75) is 116 Å². The van der Waals surface area contributed by atoms with E-state index in [-0.39, 0.29) is 24.9 Å². The third-order valence-corrected chi connectivity index (χ3v) is 7.30. The first-order valence-corrected chi connectivity index (χ1v) is 14.9. The van der Waals surface area contributed by atoms with E-state index in [1.54, 1.807) is 6.07 Å². The van der Waals surface area contributed by atoms with Crippen LogP contribution >= 0.6 is 23.2 Å². The van der Waals surface area contributed by atoms with Crippen LogP contribution < -0.4 is 0 Å². The lowest BCUT2D eigenvalue weighted by Crippen LogP contribution is -2.58. The average molecular weight is 564 g/mol. The lowest BCUT2D eigenvalue weighted by atomic mass is 9.89. The van der Waals surface area contributed by atoms with Crippen LogP contribution in [0.4, 0.5) is 0 Å². The van der Waals surface area contributed by atoms with Crippen LogP contribution in [0, 0.1) is 0 Å². The Balaban J connectivity index is 2.48. The minimum absolute atomic E-state index is 0.195. The maximum Gasteiger partial charge on any atom is 0.117 e. The fourth-order valence-corrected chi connectivity index (χ4v) is 4.91. The van der Waals surface area contributed by atoms with Gasteiger partial charge in [0.05, 0.1) is 13.2 Å². The summed E-state index contributed by atoms with van der Waals surface area (Å²) in [6, 6.07) is 3.49. The molecule has 6 nitrogen and oxygen atoms in total. The van der Waals surface area contributed by atoms with E-state index in [1.165, 1.54) is 0 Å². The second kappa shape index (κ2) is 18.8. The lowest BCUT2D eigenvalue weighted by Gasteiger charge is -2.46. The van der Waals surface area contributed by atoms with Gasteiger partial charge in [-0.25, -0.2) is 0 Å². The van der Waals surface area contributed by atoms with Crippen molar-refractivity contribution < 1.29 is 28.8 Å². The van der Waals surface area contributed by atoms with Gasteiger partial charge in [0.2, 0.25) is 0 Å². The highest BCUT2D eigenvalue weighted by Gasteiger charge is 2.49. The Morgan fingerprint density at radius 2 is 1.27 bits per heavy atom. The number of hydrogen-bond donors (Lipinski definition) is 1. The summed E-state index contributed by atoms with van der Waals surface area (Å²) in [5, 5.41) is 10.8. The maximum absolute atomic E-state index is 9.88. The highest BCUT2D eigenvalue weighted by atomic mass is 35.5. The number of halogens is 2. The van der Waals surface area contributed by atoms with Gasteiger partial charge in [0.25, 0.3) is 0 Å². The fourth-order valence-electron chi connectivity index (χ4n) is 4.36. The number of aliphatic hydroxyl groups is 1. The molecule has 0 amide bonds. The molecular formula is C29H48Cl2O6. The Morgan fingerprint density at radius 3 is 1.84 bits per heavy atom. The molecule has 1 unspecified atom stereocenters. The molecule has 37 heavy (non-hydrogen) atoms. The van der Waals surface area contributed by atoms with Gasteiger partial charge in [0.15, 0.2) is 0 Å². The number of aliphatic hydroxyl groups excluding tert-OH is 1. The predicted molar refractivity (Wildman–Crippen MR) is 150 cm³/mol. The molecule has 1 aliphatic rings. The summed E-state index contributed by atoms with van der Waals surface area (Å²) in [6.45, 7) is 11.2. The first kappa shape index (κ1) is 32.8. The molecule has 1 heterocycles. The quantitative estimate of drug-likeness (QED) is 0.178. The summed E-state index contributed by atoms with van der Waals surface area (Å²) < 4.78 is 32.3. The van der Waals surface area contributed by atoms with Crippen molar-refractivity contribution in [3.63, 3.8) is 0 Å². The number of benzene rings is 1. The number of ether oxygens (including phenoxy) is 5. The van der Waals surface area contributed by atoms with Gasteiger partial charge in [-0.2, -0.15) is 0 Å². The summed E-state index contributed by atoms with van der Waals surface area (Å²) in [6.07, 6.45) is 5.93. The largest absolute Gasteiger partial charge is 0.392 e. The molecule has 214 valence electrons. The van der Waals surface area contributed by atoms with E-state index in [4.69, 9.17) is 46.9 Å². The van der Waals surface area contributed by atoms with Crippen LogP contribution in [0.1, 0.15) is 96.3 Å². The molecular weight excluding hydrogens is 515 g/mol. The van der Waals surface area contributed by atoms with Gasteiger partial charge in [0, 0.05) is 42.0 Å². The van der Waals surface area contributed by atoms with Crippen molar-refractivity contribution in [2.75, 3.05) is 33.0 Å². The van der Waals surface area contributed by atoms with Crippen LogP contribution in [0.3, 0.4) is 0 Å². The van der Waals surface area contributed by atoms with E-state index >= 15 is 0 Å². The summed E-state index contributed by atoms with van der Waals surface area (Å²) in [7, 11) is 0. The zero-order valence-corrected chi connectivity index (χ0v) is 24.7. The molecule has 8 heteroatoms. The topological polar surface area (TPSA) is 66.4 Å². The highest BCUT2D eigenvalue weighted by molar-refractivity contribution is 6.35. The fraction of sp³-hybridized carbons (Fsp3) is 0.793. The second-order valence-electron chi connectivity index (χ2n) is 9.71. The van der Waals surface area contributed by atoms with E-state index in [1.807, 2.05) is 6.07 Å². The standard InChI is InChI=1S/C29H48Cl2O6/c1-5-9-13-33-20-25-27(34-14-10-6-2)29(36-16-12-8-4)28(35-15-11-7-3)26(37-25)22-17-21(19-32)23(30)18-24(22)31/h17-18,25-29,32H,5-16,19-20H2,1-4H3/t25-,26?,27-,28+,29+/m1/s1. The number of hydrogen-bond acceptors (Lipinski definition) is 6. The highest BCUT2D eigenvalue weighted by Crippen LogP contribution is 2.41. The van der Waals surface area contributed by atoms with Gasteiger partial charge in [-0.3, -0.25) is 0 Å². The van der Waals surface area contributed by atoms with Gasteiger partial charge >= 0.3 is 0 Å². The van der Waals surface area contributed by atoms with Gasteiger partial charge in [-0.05, 0) is 43.4 Å². The lowest BCUT2D eigenvalue weighted by molar-refractivity contribution is -0.268. The van der Waals surface area contributed by atoms with E-state index < -0.39 is 12.2 Å². The van der Waals surface area contributed by atoms with E-state index in [0.717, 1.165) is 56.9 Å². The summed E-state index contributed by atoms with van der Waals surface area (Å²) in [5.41, 5.74) is 1.32. The molecule has 0 radical (unpaired) electrons. The SMILES string of the molecule is CCCCOC[C@H]1OC(c2cc(CO)c(Cl)cc2Cl)[C@H](OCCCC)[C@@H](OCCCC)[C@@H]1OCCCC. The third-order valence-electron chi connectivity index (χ3n) is 6.63. The molecule has 5 atom stereocenters. The van der Waals surface area contributed by atoms with Crippen molar-refractivity contribution in [1.29, 1.82) is 0 Å². The molecule has 1 aromatic rings. The van der Waals surface area contributed by atoms with Crippen molar-refractivity contribution in [1.82, 2.24) is 0 Å². The van der Waals surface area contributed by atoms with Crippen molar-refractivity contribution in [2.24, 2.45) is 0 Å². The summed E-state index contributed by atoms with van der Waals surface area (Å²) in [5.74, 6) is 0. The minimum atomic E-state index is -0.524. The molecule has 0 aromatic heterocycles. The van der Waals surface area contributed by atoms with Gasteiger partial charge < -0.3 is 28.8 Å². The molecule has 1 fully saturated rings. The van der Waals surface area contributed by atoms with Crippen LogP contribution in [0.5, 0.6) is 0 Å². The molecule has 0 spiro atoms. The zero-order chi connectivity index (χ0) is 27.0. The molecule has 1 aliphatic heterocycles. The summed E-state index contributed by atoms with van der Waals surface area (Å²) in [4.78, 5) is 0. The number of rotatable bonds is 19. The monoisotopic (exact) mass is 562 g/mol. The van der Waals surface area contributed by atoms with Crippen molar-refractivity contribution >= 4 is 23.2 Å². The molecule has 1 aromatic carbocycles. The Labute approximate surface area is 234 Å². The normalized spacial score (nSPS) is 24.0. The van der Waals surface area contributed by atoms with E-state index in [2.05, 4.69) is 27.7 Å². The Hall–Kier alpha value is -0.440. The minimum Gasteiger partial charge on any atom is -0.392 e. The molecule has 1 saturated heterocycles. The van der Waals surface area contributed by atoms with E-state index in [0.29, 0.717) is 48.6 Å². The second-order valence-corrected chi connectivity index (χ2v) is 10.5.